The molecule has 2 atom stereocenters. The van der Waals surface area contributed by atoms with Crippen molar-refractivity contribution in [2.75, 3.05) is 20.3 Å². The van der Waals surface area contributed by atoms with Crippen LogP contribution in [0.1, 0.15) is 45.4 Å². The topological polar surface area (TPSA) is 27.7 Å². The first-order valence-corrected chi connectivity index (χ1v) is 10.5. The molecule has 2 aromatic rings. The second kappa shape index (κ2) is 10.6. The summed E-state index contributed by atoms with van der Waals surface area (Å²) in [7, 11) is 1.31. The summed E-state index contributed by atoms with van der Waals surface area (Å²) in [6.45, 7) is 3.56. The number of methoxy groups -OCH3 is 1. The maximum absolute atomic E-state index is 14.3. The summed E-state index contributed by atoms with van der Waals surface area (Å²) in [5.41, 5.74) is 0.789. The maximum Gasteiger partial charge on any atom is 0.201 e. The third kappa shape index (κ3) is 5.69. The van der Waals surface area contributed by atoms with Gasteiger partial charge in [-0.2, -0.15) is 4.39 Å². The van der Waals surface area contributed by atoms with E-state index in [1.54, 1.807) is 24.3 Å². The number of ether oxygens (including phenoxy) is 3. The molecule has 0 amide bonds. The van der Waals surface area contributed by atoms with Crippen LogP contribution in [0.5, 0.6) is 11.5 Å². The number of halogens is 2. The molecule has 0 aliphatic carbocycles. The number of rotatable bonds is 9. The summed E-state index contributed by atoms with van der Waals surface area (Å²) in [6.07, 6.45) is 7.53. The monoisotopic (exact) mass is 404 g/mol. The highest BCUT2D eigenvalue weighted by molar-refractivity contribution is 5.66. The van der Waals surface area contributed by atoms with Crippen molar-refractivity contribution in [2.24, 2.45) is 5.92 Å². The Morgan fingerprint density at radius 2 is 1.79 bits per heavy atom. The molecule has 3 nitrogen and oxygen atoms in total. The number of hydrogen-bond donors (Lipinski definition) is 0. The van der Waals surface area contributed by atoms with Crippen LogP contribution in [0, 0.1) is 17.6 Å². The van der Waals surface area contributed by atoms with E-state index >= 15 is 0 Å². The van der Waals surface area contributed by atoms with E-state index in [1.807, 2.05) is 0 Å². The van der Waals surface area contributed by atoms with Crippen molar-refractivity contribution in [3.63, 3.8) is 0 Å². The lowest BCUT2D eigenvalue weighted by Crippen LogP contribution is -2.29. The zero-order valence-electron chi connectivity index (χ0n) is 17.3. The molecule has 29 heavy (non-hydrogen) atoms. The fraction of sp³-hybridized carbons (Fsp3) is 0.500. The highest BCUT2D eigenvalue weighted by Gasteiger charge is 2.22. The molecular weight excluding hydrogens is 374 g/mol. The second-order valence-electron chi connectivity index (χ2n) is 7.67. The van der Waals surface area contributed by atoms with Gasteiger partial charge in [0.05, 0.1) is 26.4 Å². The van der Waals surface area contributed by atoms with E-state index in [1.165, 1.54) is 38.5 Å². The van der Waals surface area contributed by atoms with E-state index in [-0.39, 0.29) is 11.3 Å². The quantitative estimate of drug-likeness (QED) is 0.453. The first-order valence-electron chi connectivity index (χ1n) is 10.5. The molecule has 5 heteroatoms. The lowest BCUT2D eigenvalue weighted by molar-refractivity contribution is -0.0314. The van der Waals surface area contributed by atoms with Crippen LogP contribution >= 0.6 is 0 Å². The van der Waals surface area contributed by atoms with E-state index in [9.17, 15) is 8.78 Å². The highest BCUT2D eigenvalue weighted by atomic mass is 19.2. The SMILES string of the molecule is CCCCCC1CCC(COc2ccc(-c3ccc(OC)c(F)c3F)cc2)CO1. The molecule has 1 fully saturated rings. The van der Waals surface area contributed by atoms with Crippen LogP contribution in [0.4, 0.5) is 8.78 Å². The van der Waals surface area contributed by atoms with E-state index in [0.29, 0.717) is 29.9 Å². The predicted octanol–water partition coefficient (Wildman–Crippen LogP) is 6.39. The summed E-state index contributed by atoms with van der Waals surface area (Å²) in [4.78, 5) is 0. The van der Waals surface area contributed by atoms with Gasteiger partial charge in [0.2, 0.25) is 5.82 Å². The molecule has 1 aliphatic rings. The molecule has 2 unspecified atom stereocenters. The van der Waals surface area contributed by atoms with Crippen LogP contribution in [0.25, 0.3) is 11.1 Å². The summed E-state index contributed by atoms with van der Waals surface area (Å²) in [6, 6.07) is 9.99. The van der Waals surface area contributed by atoms with Gasteiger partial charge in [0.1, 0.15) is 5.75 Å². The van der Waals surface area contributed by atoms with Crippen molar-refractivity contribution < 1.29 is 23.0 Å². The first-order chi connectivity index (χ1) is 14.1. The van der Waals surface area contributed by atoms with Gasteiger partial charge in [-0.25, -0.2) is 4.39 Å². The molecule has 3 rings (SSSR count). The van der Waals surface area contributed by atoms with Gasteiger partial charge < -0.3 is 14.2 Å². The van der Waals surface area contributed by atoms with Gasteiger partial charge in [-0.3, -0.25) is 0 Å². The van der Waals surface area contributed by atoms with Crippen molar-refractivity contribution in [1.82, 2.24) is 0 Å². The molecule has 1 saturated heterocycles. The summed E-state index contributed by atoms with van der Waals surface area (Å²) < 4.78 is 44.9. The third-order valence-electron chi connectivity index (χ3n) is 5.51. The lowest BCUT2D eigenvalue weighted by Gasteiger charge is -2.29. The average molecular weight is 404 g/mol. The van der Waals surface area contributed by atoms with Crippen molar-refractivity contribution >= 4 is 0 Å². The van der Waals surface area contributed by atoms with Gasteiger partial charge in [-0.15, -0.1) is 0 Å². The minimum atomic E-state index is -0.976. The third-order valence-corrected chi connectivity index (χ3v) is 5.51. The van der Waals surface area contributed by atoms with Crippen LogP contribution in [0.3, 0.4) is 0 Å². The van der Waals surface area contributed by atoms with E-state index in [2.05, 4.69) is 6.92 Å². The molecule has 0 aromatic heterocycles. The molecule has 0 spiro atoms. The van der Waals surface area contributed by atoms with Gasteiger partial charge in [0.25, 0.3) is 0 Å². The van der Waals surface area contributed by atoms with Crippen LogP contribution < -0.4 is 9.47 Å². The Morgan fingerprint density at radius 3 is 2.45 bits per heavy atom. The van der Waals surface area contributed by atoms with E-state index in [0.717, 1.165) is 25.9 Å². The molecule has 1 heterocycles. The van der Waals surface area contributed by atoms with Crippen LogP contribution in [-0.2, 0) is 4.74 Å². The first kappa shape index (κ1) is 21.6. The Balaban J connectivity index is 1.50. The Kier molecular flexibility index (Phi) is 7.87. The zero-order valence-corrected chi connectivity index (χ0v) is 17.3. The molecule has 158 valence electrons. The van der Waals surface area contributed by atoms with Crippen molar-refractivity contribution in [2.45, 2.75) is 51.6 Å². The summed E-state index contributed by atoms with van der Waals surface area (Å²) in [5, 5.41) is 0. The maximum atomic E-state index is 14.3. The molecule has 0 saturated carbocycles. The Labute approximate surface area is 172 Å². The predicted molar refractivity (Wildman–Crippen MR) is 110 cm³/mol. The summed E-state index contributed by atoms with van der Waals surface area (Å²) >= 11 is 0. The highest BCUT2D eigenvalue weighted by Crippen LogP contribution is 2.31. The van der Waals surface area contributed by atoms with Crippen molar-refractivity contribution in [3.8, 4) is 22.6 Å². The standard InChI is InChI=1S/C24H30F2O3/c1-3-4-5-6-19-10-7-17(15-28-19)16-29-20-11-8-18(9-12-20)21-13-14-22(27-2)24(26)23(21)25/h8-9,11-14,17,19H,3-7,10,15-16H2,1-2H3. The van der Waals surface area contributed by atoms with Gasteiger partial charge in [0, 0.05) is 11.5 Å². The number of hydrogen-bond acceptors (Lipinski definition) is 3. The van der Waals surface area contributed by atoms with Crippen molar-refractivity contribution in [3.05, 3.63) is 48.0 Å². The van der Waals surface area contributed by atoms with Gasteiger partial charge in [-0.1, -0.05) is 38.3 Å². The fourth-order valence-corrected chi connectivity index (χ4v) is 3.70. The summed E-state index contributed by atoms with van der Waals surface area (Å²) in [5.74, 6) is -0.881. The molecule has 0 bridgehead atoms. The number of benzene rings is 2. The van der Waals surface area contributed by atoms with Crippen molar-refractivity contribution in [1.29, 1.82) is 0 Å². The number of unbranched alkanes of at least 4 members (excludes halogenated alkanes) is 2. The molecule has 2 aromatic carbocycles. The Morgan fingerprint density at radius 1 is 1.00 bits per heavy atom. The lowest BCUT2D eigenvalue weighted by atomic mass is 9.96. The second-order valence-corrected chi connectivity index (χ2v) is 7.67. The van der Waals surface area contributed by atoms with E-state index < -0.39 is 11.6 Å². The van der Waals surface area contributed by atoms with Crippen LogP contribution in [0.2, 0.25) is 0 Å². The zero-order chi connectivity index (χ0) is 20.6. The molecule has 0 radical (unpaired) electrons. The van der Waals surface area contributed by atoms with Gasteiger partial charge in [0.15, 0.2) is 11.6 Å². The normalized spacial score (nSPS) is 19.2. The Hall–Kier alpha value is -2.14. The largest absolute Gasteiger partial charge is 0.494 e. The molecule has 1 aliphatic heterocycles. The Bertz CT molecular complexity index is 768. The van der Waals surface area contributed by atoms with Crippen LogP contribution in [0.15, 0.2) is 36.4 Å². The minimum Gasteiger partial charge on any atom is -0.494 e. The molecular formula is C24H30F2O3. The fourth-order valence-electron chi connectivity index (χ4n) is 3.70. The minimum absolute atomic E-state index is 0.103. The van der Waals surface area contributed by atoms with Crippen LogP contribution in [-0.4, -0.2) is 26.4 Å². The van der Waals surface area contributed by atoms with Gasteiger partial charge >= 0.3 is 0 Å². The van der Waals surface area contributed by atoms with E-state index in [4.69, 9.17) is 14.2 Å². The van der Waals surface area contributed by atoms with Gasteiger partial charge in [-0.05, 0) is 49.1 Å². The average Bonchev–Trinajstić information content (AvgIpc) is 2.76. The smallest absolute Gasteiger partial charge is 0.201 e. The molecule has 0 N–H and O–H groups in total.